The topological polar surface area (TPSA) is 61.8 Å². The molecule has 2 aromatic carbocycles. The Morgan fingerprint density at radius 1 is 1.00 bits per heavy atom. The second kappa shape index (κ2) is 10.2. The van der Waals surface area contributed by atoms with Crippen molar-refractivity contribution in [3.8, 4) is 5.75 Å². The predicted octanol–water partition coefficient (Wildman–Crippen LogP) is 5.25. The lowest BCUT2D eigenvalue weighted by Gasteiger charge is -2.27. The molecule has 0 aliphatic rings. The molecule has 3 atom stereocenters. The van der Waals surface area contributed by atoms with Gasteiger partial charge in [-0.05, 0) is 45.4 Å². The van der Waals surface area contributed by atoms with E-state index < -0.39 is 41.5 Å². The summed E-state index contributed by atoms with van der Waals surface area (Å²) in [5, 5.41) is 0. The van der Waals surface area contributed by atoms with Crippen molar-refractivity contribution in [2.45, 2.75) is 58.8 Å². The molecule has 0 aliphatic carbocycles. The van der Waals surface area contributed by atoms with E-state index in [-0.39, 0.29) is 6.42 Å². The van der Waals surface area contributed by atoms with Crippen LogP contribution in [0.5, 0.6) is 5.75 Å². The molecule has 0 radical (unpaired) electrons. The molecule has 0 unspecified atom stereocenters. The summed E-state index contributed by atoms with van der Waals surface area (Å²) in [6.07, 6.45) is -1.40. The van der Waals surface area contributed by atoms with Gasteiger partial charge in [-0.1, -0.05) is 43.3 Å². The van der Waals surface area contributed by atoms with Gasteiger partial charge in [-0.25, -0.2) is 4.39 Å². The highest BCUT2D eigenvalue weighted by Gasteiger charge is 2.29. The second-order valence-electron chi connectivity index (χ2n) is 8.24. The van der Waals surface area contributed by atoms with Crippen LogP contribution in [-0.2, 0) is 19.1 Å². The van der Waals surface area contributed by atoms with Crippen molar-refractivity contribution in [2.24, 2.45) is 5.92 Å². The first-order valence-corrected chi connectivity index (χ1v) is 9.94. The normalized spacial score (nSPS) is 14.3. The maximum Gasteiger partial charge on any atom is 0.309 e. The van der Waals surface area contributed by atoms with Gasteiger partial charge in [0, 0.05) is 6.07 Å². The van der Waals surface area contributed by atoms with Crippen LogP contribution >= 0.6 is 0 Å². The minimum atomic E-state index is -0.677. The van der Waals surface area contributed by atoms with Gasteiger partial charge in [-0.3, -0.25) is 9.59 Å². The fourth-order valence-corrected chi connectivity index (χ4v) is 2.84. The molecule has 0 heterocycles. The molecule has 162 valence electrons. The molecule has 0 aliphatic heterocycles. The smallest absolute Gasteiger partial charge is 0.309 e. The number of carbonyl (C=O) groups is 2. The van der Waals surface area contributed by atoms with E-state index in [0.717, 1.165) is 5.56 Å². The third kappa shape index (κ3) is 7.50. The van der Waals surface area contributed by atoms with Crippen molar-refractivity contribution >= 4 is 11.9 Å². The average Bonchev–Trinajstić information content (AvgIpc) is 2.65. The zero-order valence-corrected chi connectivity index (χ0v) is 18.1. The lowest BCUT2D eigenvalue weighted by atomic mass is 10.0. The van der Waals surface area contributed by atoms with Crippen molar-refractivity contribution in [3.05, 3.63) is 66.0 Å². The molecule has 0 amide bonds. The highest BCUT2D eigenvalue weighted by molar-refractivity contribution is 5.79. The first-order chi connectivity index (χ1) is 14.0. The Balaban J connectivity index is 2.09. The molecular weight excluding hydrogens is 387 g/mol. The Hall–Kier alpha value is -2.89. The number of hydrogen-bond donors (Lipinski definition) is 0. The first-order valence-electron chi connectivity index (χ1n) is 9.94. The van der Waals surface area contributed by atoms with E-state index in [0.29, 0.717) is 5.75 Å². The van der Waals surface area contributed by atoms with Crippen LogP contribution in [0.2, 0.25) is 0 Å². The van der Waals surface area contributed by atoms with Crippen LogP contribution in [0.1, 0.15) is 52.7 Å². The molecule has 0 saturated carbocycles. The van der Waals surface area contributed by atoms with Crippen LogP contribution in [0.15, 0.2) is 54.6 Å². The highest BCUT2D eigenvalue weighted by Crippen LogP contribution is 2.28. The number of benzene rings is 2. The lowest BCUT2D eigenvalue weighted by molar-refractivity contribution is -0.165. The summed E-state index contributed by atoms with van der Waals surface area (Å²) in [5.74, 6) is -1.76. The molecule has 30 heavy (non-hydrogen) atoms. The molecule has 0 spiro atoms. The van der Waals surface area contributed by atoms with Gasteiger partial charge in [0.1, 0.15) is 23.3 Å². The number of ether oxygens (including phenoxy) is 3. The maximum absolute atomic E-state index is 13.6. The van der Waals surface area contributed by atoms with E-state index in [1.54, 1.807) is 46.8 Å². The van der Waals surface area contributed by atoms with Crippen molar-refractivity contribution in [3.63, 3.8) is 0 Å². The number of halogens is 1. The largest absolute Gasteiger partial charge is 0.482 e. The lowest BCUT2D eigenvalue weighted by Crippen LogP contribution is -2.31. The number of esters is 2. The standard InChI is InChI=1S/C24H29FO5/c1-16(14-21(26)30-24(3,4)5)23(27)28-17(2)22(18-10-7-6-8-11-18)29-20-13-9-12-19(25)15-20/h6-13,15-17,22H,14H2,1-5H3/t16-,17+,22+/m1/s1. The van der Waals surface area contributed by atoms with Crippen molar-refractivity contribution in [1.82, 2.24) is 0 Å². The summed E-state index contributed by atoms with van der Waals surface area (Å²) >= 11 is 0. The van der Waals surface area contributed by atoms with Crippen LogP contribution in [0.25, 0.3) is 0 Å². The minimum absolute atomic E-state index is 0.0798. The Bertz CT molecular complexity index is 844. The van der Waals surface area contributed by atoms with Gasteiger partial charge in [0.2, 0.25) is 0 Å². The van der Waals surface area contributed by atoms with Crippen molar-refractivity contribution in [2.75, 3.05) is 0 Å². The molecule has 6 heteroatoms. The Labute approximate surface area is 177 Å². The zero-order valence-electron chi connectivity index (χ0n) is 18.1. The van der Waals surface area contributed by atoms with E-state index in [1.807, 2.05) is 30.3 Å². The van der Waals surface area contributed by atoms with Crippen LogP contribution < -0.4 is 4.74 Å². The number of hydrogen-bond acceptors (Lipinski definition) is 5. The molecule has 0 fully saturated rings. The predicted molar refractivity (Wildman–Crippen MR) is 111 cm³/mol. The molecular formula is C24H29FO5. The van der Waals surface area contributed by atoms with Gasteiger partial charge in [0.05, 0.1) is 12.3 Å². The monoisotopic (exact) mass is 416 g/mol. The molecule has 2 aromatic rings. The Kier molecular flexibility index (Phi) is 7.98. The molecule has 0 aromatic heterocycles. The molecule has 0 bridgehead atoms. The number of rotatable bonds is 8. The number of carbonyl (C=O) groups excluding carboxylic acids is 2. The average molecular weight is 416 g/mol. The van der Waals surface area contributed by atoms with Gasteiger partial charge in [-0.2, -0.15) is 0 Å². The summed E-state index contributed by atoms with van der Waals surface area (Å²) in [5.41, 5.74) is 0.160. The summed E-state index contributed by atoms with van der Waals surface area (Å²) < 4.78 is 30.4. The fourth-order valence-electron chi connectivity index (χ4n) is 2.84. The highest BCUT2D eigenvalue weighted by atomic mass is 19.1. The molecule has 5 nitrogen and oxygen atoms in total. The van der Waals surface area contributed by atoms with Crippen LogP contribution in [0.3, 0.4) is 0 Å². The van der Waals surface area contributed by atoms with E-state index >= 15 is 0 Å². The fraction of sp³-hybridized carbons (Fsp3) is 0.417. The van der Waals surface area contributed by atoms with Crippen LogP contribution in [-0.4, -0.2) is 23.6 Å². The van der Waals surface area contributed by atoms with Crippen LogP contribution in [0, 0.1) is 11.7 Å². The molecule has 0 saturated heterocycles. The Morgan fingerprint density at radius 3 is 2.27 bits per heavy atom. The minimum Gasteiger partial charge on any atom is -0.482 e. The Morgan fingerprint density at radius 2 is 1.67 bits per heavy atom. The van der Waals surface area contributed by atoms with Gasteiger partial charge < -0.3 is 14.2 Å². The quantitative estimate of drug-likeness (QED) is 0.551. The third-order valence-electron chi connectivity index (χ3n) is 4.21. The summed E-state index contributed by atoms with van der Waals surface area (Å²) in [6, 6.07) is 15.0. The van der Waals surface area contributed by atoms with Crippen molar-refractivity contribution < 1.29 is 28.2 Å². The summed E-state index contributed by atoms with van der Waals surface area (Å²) in [6.45, 7) is 8.62. The first kappa shape index (κ1) is 23.4. The molecule has 2 rings (SSSR count). The third-order valence-corrected chi connectivity index (χ3v) is 4.21. The SMILES string of the molecule is C[C@H](CC(=O)OC(C)(C)C)C(=O)O[C@@H](C)[C@H](Oc1cccc(F)c1)c1ccccc1. The van der Waals surface area contributed by atoms with Crippen LogP contribution in [0.4, 0.5) is 4.39 Å². The van der Waals surface area contributed by atoms with E-state index in [1.165, 1.54) is 12.1 Å². The second-order valence-corrected chi connectivity index (χ2v) is 8.24. The van der Waals surface area contributed by atoms with Gasteiger partial charge in [0.25, 0.3) is 0 Å². The summed E-state index contributed by atoms with van der Waals surface area (Å²) in [4.78, 5) is 24.5. The van der Waals surface area contributed by atoms with Gasteiger partial charge in [0.15, 0.2) is 6.10 Å². The maximum atomic E-state index is 13.6. The van der Waals surface area contributed by atoms with Gasteiger partial charge >= 0.3 is 11.9 Å². The zero-order chi connectivity index (χ0) is 22.3. The van der Waals surface area contributed by atoms with E-state index in [2.05, 4.69) is 0 Å². The van der Waals surface area contributed by atoms with E-state index in [4.69, 9.17) is 14.2 Å². The van der Waals surface area contributed by atoms with E-state index in [9.17, 15) is 14.0 Å². The summed E-state index contributed by atoms with van der Waals surface area (Å²) in [7, 11) is 0. The molecule has 0 N–H and O–H groups in total. The van der Waals surface area contributed by atoms with Gasteiger partial charge in [-0.15, -0.1) is 0 Å². The van der Waals surface area contributed by atoms with Crippen molar-refractivity contribution in [1.29, 1.82) is 0 Å².